The summed E-state index contributed by atoms with van der Waals surface area (Å²) >= 11 is 3.74. The van der Waals surface area contributed by atoms with Gasteiger partial charge in [-0.05, 0) is 23.6 Å². The summed E-state index contributed by atoms with van der Waals surface area (Å²) in [5.41, 5.74) is 1.59. The second-order valence-corrected chi connectivity index (χ2v) is 2.99. The van der Waals surface area contributed by atoms with E-state index < -0.39 is 0 Å². The molecule has 1 heterocycles. The summed E-state index contributed by atoms with van der Waals surface area (Å²) in [5, 5.41) is 0.903. The molecule has 0 saturated carbocycles. The molecule has 0 saturated heterocycles. The van der Waals surface area contributed by atoms with Crippen LogP contribution in [-0.2, 0) is 0 Å². The van der Waals surface area contributed by atoms with E-state index in [1.54, 1.807) is 12.1 Å². The topological polar surface area (TPSA) is 32.9 Å². The average Bonchev–Trinajstić information content (AvgIpc) is 2.49. The number of H-pyrrole nitrogens is 1. The standard InChI is InChI=1S/C9H7NOS/c11-9(12)7-2-1-6-3-4-10-8(6)5-7/h1-5,10H,(H,11,12). The van der Waals surface area contributed by atoms with Gasteiger partial charge in [-0.1, -0.05) is 6.07 Å². The van der Waals surface area contributed by atoms with Crippen LogP contribution in [0, 0.1) is 0 Å². The third-order valence-corrected chi connectivity index (χ3v) is 2.06. The number of thiol groups is 1. The highest BCUT2D eigenvalue weighted by Crippen LogP contribution is 2.14. The third kappa shape index (κ3) is 1.12. The molecule has 2 nitrogen and oxygen atoms in total. The normalized spacial score (nSPS) is 10.4. The molecule has 1 N–H and O–H groups in total. The Morgan fingerprint density at radius 3 is 2.92 bits per heavy atom. The van der Waals surface area contributed by atoms with Gasteiger partial charge < -0.3 is 4.98 Å². The zero-order valence-corrected chi connectivity index (χ0v) is 7.14. The van der Waals surface area contributed by atoms with Gasteiger partial charge in [0.15, 0.2) is 0 Å². The van der Waals surface area contributed by atoms with Crippen LogP contribution in [-0.4, -0.2) is 10.1 Å². The van der Waals surface area contributed by atoms with Gasteiger partial charge in [0.1, 0.15) is 0 Å². The van der Waals surface area contributed by atoms with Crippen LogP contribution in [0.2, 0.25) is 0 Å². The fourth-order valence-electron chi connectivity index (χ4n) is 1.18. The summed E-state index contributed by atoms with van der Waals surface area (Å²) in [6.07, 6.45) is 1.84. The number of hydrogen-bond donors (Lipinski definition) is 2. The van der Waals surface area contributed by atoms with Crippen molar-refractivity contribution in [2.45, 2.75) is 0 Å². The number of rotatable bonds is 1. The lowest BCUT2D eigenvalue weighted by molar-refractivity contribution is 0.109. The van der Waals surface area contributed by atoms with Crippen LogP contribution < -0.4 is 0 Å². The molecule has 0 aliphatic carbocycles. The smallest absolute Gasteiger partial charge is 0.216 e. The number of aromatic nitrogens is 1. The molecular weight excluding hydrogens is 170 g/mol. The van der Waals surface area contributed by atoms with Crippen LogP contribution in [0.4, 0.5) is 0 Å². The van der Waals surface area contributed by atoms with Gasteiger partial charge in [0.2, 0.25) is 5.12 Å². The molecule has 1 aromatic carbocycles. The van der Waals surface area contributed by atoms with Crippen molar-refractivity contribution in [1.82, 2.24) is 4.98 Å². The Balaban J connectivity index is 2.68. The molecule has 12 heavy (non-hydrogen) atoms. The Morgan fingerprint density at radius 2 is 2.17 bits per heavy atom. The maximum Gasteiger partial charge on any atom is 0.216 e. The van der Waals surface area contributed by atoms with E-state index in [1.807, 2.05) is 18.3 Å². The first-order chi connectivity index (χ1) is 5.77. The Labute approximate surface area is 75.0 Å². The number of aromatic amines is 1. The fraction of sp³-hybridized carbons (Fsp3) is 0. The zero-order valence-electron chi connectivity index (χ0n) is 6.24. The van der Waals surface area contributed by atoms with Gasteiger partial charge in [0.25, 0.3) is 0 Å². The van der Waals surface area contributed by atoms with Gasteiger partial charge in [-0.15, -0.1) is 12.6 Å². The van der Waals surface area contributed by atoms with Crippen molar-refractivity contribution in [3.8, 4) is 0 Å². The maximum absolute atomic E-state index is 10.9. The Morgan fingerprint density at radius 1 is 1.33 bits per heavy atom. The van der Waals surface area contributed by atoms with Crippen molar-refractivity contribution in [1.29, 1.82) is 0 Å². The van der Waals surface area contributed by atoms with Crippen LogP contribution in [0.3, 0.4) is 0 Å². The Kier molecular flexibility index (Phi) is 1.66. The molecule has 2 rings (SSSR count). The second kappa shape index (κ2) is 2.68. The summed E-state index contributed by atoms with van der Waals surface area (Å²) < 4.78 is 0. The van der Waals surface area contributed by atoms with Crippen LogP contribution in [0.15, 0.2) is 30.5 Å². The number of fused-ring (bicyclic) bond motifs is 1. The largest absolute Gasteiger partial charge is 0.361 e. The summed E-state index contributed by atoms with van der Waals surface area (Å²) in [5.74, 6) is 0. The summed E-state index contributed by atoms with van der Waals surface area (Å²) in [6.45, 7) is 0. The lowest BCUT2D eigenvalue weighted by atomic mass is 10.2. The average molecular weight is 177 g/mol. The highest BCUT2D eigenvalue weighted by atomic mass is 32.1. The predicted molar refractivity (Wildman–Crippen MR) is 51.6 cm³/mol. The summed E-state index contributed by atoms with van der Waals surface area (Å²) in [4.78, 5) is 13.9. The second-order valence-electron chi connectivity index (χ2n) is 2.58. The van der Waals surface area contributed by atoms with E-state index in [0.29, 0.717) is 5.56 Å². The highest BCUT2D eigenvalue weighted by Gasteiger charge is 2.00. The van der Waals surface area contributed by atoms with Crippen LogP contribution in [0.25, 0.3) is 10.9 Å². The molecule has 0 atom stereocenters. The molecule has 1 aromatic heterocycles. The minimum atomic E-state index is -0.202. The van der Waals surface area contributed by atoms with Crippen molar-refractivity contribution < 1.29 is 4.79 Å². The third-order valence-electron chi connectivity index (χ3n) is 1.80. The SMILES string of the molecule is O=C(S)c1ccc2cc[nH]c2c1. The summed E-state index contributed by atoms with van der Waals surface area (Å²) in [6, 6.07) is 7.42. The first kappa shape index (κ1) is 7.43. The van der Waals surface area contributed by atoms with E-state index in [2.05, 4.69) is 17.6 Å². The number of carbonyl (C=O) groups is 1. The quantitative estimate of drug-likeness (QED) is 0.643. The number of carbonyl (C=O) groups excluding carboxylic acids is 1. The van der Waals surface area contributed by atoms with Gasteiger partial charge in [0, 0.05) is 17.3 Å². The van der Waals surface area contributed by atoms with E-state index in [-0.39, 0.29) is 5.12 Å². The number of benzene rings is 1. The van der Waals surface area contributed by atoms with Gasteiger partial charge in [0.05, 0.1) is 0 Å². The van der Waals surface area contributed by atoms with Crippen LogP contribution >= 0.6 is 12.6 Å². The minimum absolute atomic E-state index is 0.202. The molecule has 0 amide bonds. The van der Waals surface area contributed by atoms with Crippen molar-refractivity contribution >= 4 is 28.6 Å². The molecule has 0 fully saturated rings. The predicted octanol–water partition coefficient (Wildman–Crippen LogP) is 2.24. The van der Waals surface area contributed by atoms with Crippen molar-refractivity contribution in [2.24, 2.45) is 0 Å². The highest BCUT2D eigenvalue weighted by molar-refractivity contribution is 7.97. The first-order valence-electron chi connectivity index (χ1n) is 3.58. The fourth-order valence-corrected chi connectivity index (χ4v) is 1.32. The van der Waals surface area contributed by atoms with E-state index in [1.165, 1.54) is 0 Å². The molecule has 2 aromatic rings. The molecular formula is C9H7NOS. The maximum atomic E-state index is 10.9. The van der Waals surface area contributed by atoms with Crippen molar-refractivity contribution in [3.63, 3.8) is 0 Å². The molecule has 0 spiro atoms. The van der Waals surface area contributed by atoms with Crippen LogP contribution in [0.1, 0.15) is 10.4 Å². The molecule has 0 bridgehead atoms. The molecule has 0 radical (unpaired) electrons. The monoisotopic (exact) mass is 177 g/mol. The minimum Gasteiger partial charge on any atom is -0.361 e. The van der Waals surface area contributed by atoms with Crippen molar-refractivity contribution in [2.75, 3.05) is 0 Å². The molecule has 60 valence electrons. The van der Waals surface area contributed by atoms with Crippen LogP contribution in [0.5, 0.6) is 0 Å². The molecule has 0 unspecified atom stereocenters. The molecule has 0 aliphatic rings. The summed E-state index contributed by atoms with van der Waals surface area (Å²) in [7, 11) is 0. The molecule has 0 aliphatic heterocycles. The number of nitrogens with one attached hydrogen (secondary N) is 1. The first-order valence-corrected chi connectivity index (χ1v) is 4.02. The van der Waals surface area contributed by atoms with E-state index in [9.17, 15) is 4.79 Å². The Hall–Kier alpha value is -1.22. The van der Waals surface area contributed by atoms with Gasteiger partial charge in [-0.2, -0.15) is 0 Å². The van der Waals surface area contributed by atoms with E-state index in [4.69, 9.17) is 0 Å². The van der Waals surface area contributed by atoms with E-state index in [0.717, 1.165) is 10.9 Å². The lowest BCUT2D eigenvalue weighted by Crippen LogP contribution is -1.86. The number of hydrogen-bond acceptors (Lipinski definition) is 1. The van der Waals surface area contributed by atoms with Gasteiger partial charge in [-0.25, -0.2) is 0 Å². The van der Waals surface area contributed by atoms with Crippen molar-refractivity contribution in [3.05, 3.63) is 36.0 Å². The Bertz CT molecular complexity index is 433. The van der Waals surface area contributed by atoms with Gasteiger partial charge in [-0.3, -0.25) is 4.79 Å². The van der Waals surface area contributed by atoms with Gasteiger partial charge >= 0.3 is 0 Å². The van der Waals surface area contributed by atoms with E-state index >= 15 is 0 Å². The lowest BCUT2D eigenvalue weighted by Gasteiger charge is -1.93. The zero-order chi connectivity index (χ0) is 8.55. The molecule has 3 heteroatoms.